The van der Waals surface area contributed by atoms with Crippen LogP contribution in [0.1, 0.15) is 36.5 Å². The van der Waals surface area contributed by atoms with Gasteiger partial charge in [0.15, 0.2) is 5.69 Å². The average Bonchev–Trinajstić information content (AvgIpc) is 2.98. The molecule has 2 rings (SSSR count). The van der Waals surface area contributed by atoms with Gasteiger partial charge in [-0.3, -0.25) is 4.79 Å². The molecule has 0 radical (unpaired) electrons. The van der Waals surface area contributed by atoms with E-state index in [1.807, 2.05) is 19.1 Å². The molecule has 1 aromatic carbocycles. The minimum Gasteiger partial charge on any atom is -0.349 e. The molecule has 1 amide bonds. The fourth-order valence-corrected chi connectivity index (χ4v) is 2.44. The zero-order valence-electron chi connectivity index (χ0n) is 13.9. The second-order valence-corrected chi connectivity index (χ2v) is 5.57. The van der Waals surface area contributed by atoms with Gasteiger partial charge in [0.2, 0.25) is 0 Å². The highest BCUT2D eigenvalue weighted by molar-refractivity contribution is 6.30. The van der Waals surface area contributed by atoms with Crippen LogP contribution in [0.15, 0.2) is 24.3 Å². The Bertz CT molecular complexity index is 660. The SMILES string of the molecule is CCCNCCNC(=O)c1nnn(-c2cccc(Cl)c2)c1CC.Cl. The summed E-state index contributed by atoms with van der Waals surface area (Å²) in [7, 11) is 0. The highest BCUT2D eigenvalue weighted by Crippen LogP contribution is 2.17. The van der Waals surface area contributed by atoms with Crippen LogP contribution >= 0.6 is 24.0 Å². The third-order valence-electron chi connectivity index (χ3n) is 3.38. The quantitative estimate of drug-likeness (QED) is 0.699. The third kappa shape index (κ3) is 5.19. The molecule has 0 fully saturated rings. The van der Waals surface area contributed by atoms with Crippen LogP contribution in [0.3, 0.4) is 0 Å². The molecule has 1 heterocycles. The summed E-state index contributed by atoms with van der Waals surface area (Å²) >= 11 is 6.02. The van der Waals surface area contributed by atoms with Gasteiger partial charge in [0, 0.05) is 18.1 Å². The Labute approximate surface area is 153 Å². The molecule has 0 bridgehead atoms. The summed E-state index contributed by atoms with van der Waals surface area (Å²) in [5.41, 5.74) is 1.93. The van der Waals surface area contributed by atoms with Crippen LogP contribution in [0.25, 0.3) is 5.69 Å². The van der Waals surface area contributed by atoms with Crippen molar-refractivity contribution in [1.82, 2.24) is 25.6 Å². The van der Waals surface area contributed by atoms with Gasteiger partial charge < -0.3 is 10.6 Å². The molecule has 2 aromatic rings. The van der Waals surface area contributed by atoms with Gasteiger partial charge in [-0.1, -0.05) is 36.7 Å². The normalized spacial score (nSPS) is 10.3. The molecule has 6 nitrogen and oxygen atoms in total. The zero-order chi connectivity index (χ0) is 16.7. The van der Waals surface area contributed by atoms with Crippen molar-refractivity contribution in [3.8, 4) is 5.69 Å². The van der Waals surface area contributed by atoms with E-state index in [1.165, 1.54) is 0 Å². The minimum absolute atomic E-state index is 0. The summed E-state index contributed by atoms with van der Waals surface area (Å²) in [4.78, 5) is 12.3. The third-order valence-corrected chi connectivity index (χ3v) is 3.62. The van der Waals surface area contributed by atoms with Gasteiger partial charge >= 0.3 is 0 Å². The molecule has 1 aromatic heterocycles. The smallest absolute Gasteiger partial charge is 0.273 e. The molecule has 0 unspecified atom stereocenters. The maximum atomic E-state index is 12.3. The van der Waals surface area contributed by atoms with Crippen molar-refractivity contribution in [3.05, 3.63) is 40.7 Å². The Balaban J connectivity index is 0.00000288. The Morgan fingerprint density at radius 2 is 2.04 bits per heavy atom. The fraction of sp³-hybridized carbons (Fsp3) is 0.438. The molecule has 0 atom stereocenters. The topological polar surface area (TPSA) is 71.8 Å². The van der Waals surface area contributed by atoms with Crippen molar-refractivity contribution in [3.63, 3.8) is 0 Å². The summed E-state index contributed by atoms with van der Waals surface area (Å²) in [5, 5.41) is 14.9. The zero-order valence-corrected chi connectivity index (χ0v) is 15.5. The van der Waals surface area contributed by atoms with E-state index in [1.54, 1.807) is 16.8 Å². The molecule has 132 valence electrons. The number of nitrogens with zero attached hydrogens (tertiary/aromatic N) is 3. The maximum absolute atomic E-state index is 12.3. The average molecular weight is 372 g/mol. The van der Waals surface area contributed by atoms with Gasteiger partial charge in [0.25, 0.3) is 5.91 Å². The van der Waals surface area contributed by atoms with Crippen LogP contribution < -0.4 is 10.6 Å². The van der Waals surface area contributed by atoms with Crippen LogP contribution in [0.4, 0.5) is 0 Å². The van der Waals surface area contributed by atoms with Gasteiger partial charge in [-0.15, -0.1) is 17.5 Å². The van der Waals surface area contributed by atoms with Gasteiger partial charge in [-0.2, -0.15) is 0 Å². The predicted octanol–water partition coefficient (Wildman–Crippen LogP) is 2.63. The van der Waals surface area contributed by atoms with Crippen molar-refractivity contribution in [2.24, 2.45) is 0 Å². The second-order valence-electron chi connectivity index (χ2n) is 5.14. The summed E-state index contributed by atoms with van der Waals surface area (Å²) in [6.07, 6.45) is 1.72. The molecular formula is C16H23Cl2N5O. The molecule has 0 aliphatic heterocycles. The van der Waals surface area contributed by atoms with Gasteiger partial charge in [0.05, 0.1) is 11.4 Å². The van der Waals surface area contributed by atoms with Crippen LogP contribution in [-0.2, 0) is 6.42 Å². The minimum atomic E-state index is -0.201. The molecule has 2 N–H and O–H groups in total. The number of carbonyl (C=O) groups is 1. The highest BCUT2D eigenvalue weighted by atomic mass is 35.5. The lowest BCUT2D eigenvalue weighted by Crippen LogP contribution is -2.32. The first kappa shape index (κ1) is 20.4. The Kier molecular flexibility index (Phi) is 8.74. The van der Waals surface area contributed by atoms with Crippen molar-refractivity contribution in [1.29, 1.82) is 0 Å². The predicted molar refractivity (Wildman–Crippen MR) is 98.5 cm³/mol. The van der Waals surface area contributed by atoms with Crippen molar-refractivity contribution < 1.29 is 4.79 Å². The lowest BCUT2D eigenvalue weighted by molar-refractivity contribution is 0.0948. The lowest BCUT2D eigenvalue weighted by Gasteiger charge is -2.07. The number of amides is 1. The molecule has 0 aliphatic rings. The molecule has 8 heteroatoms. The number of halogens is 2. The number of aromatic nitrogens is 3. The molecule has 0 saturated heterocycles. The van der Waals surface area contributed by atoms with Crippen molar-refractivity contribution >= 4 is 29.9 Å². The number of nitrogens with one attached hydrogen (secondary N) is 2. The van der Waals surface area contributed by atoms with E-state index in [0.29, 0.717) is 23.7 Å². The summed E-state index contributed by atoms with van der Waals surface area (Å²) in [5.74, 6) is -0.201. The summed E-state index contributed by atoms with van der Waals surface area (Å²) in [6.45, 7) is 6.32. The lowest BCUT2D eigenvalue weighted by atomic mass is 10.2. The second kappa shape index (κ2) is 10.3. The van der Waals surface area contributed by atoms with Crippen molar-refractivity contribution in [2.45, 2.75) is 26.7 Å². The van der Waals surface area contributed by atoms with Crippen LogP contribution in [0, 0.1) is 0 Å². The first-order chi connectivity index (χ1) is 11.2. The fourth-order valence-electron chi connectivity index (χ4n) is 2.26. The monoisotopic (exact) mass is 371 g/mol. The Morgan fingerprint density at radius 3 is 2.71 bits per heavy atom. The molecule has 0 saturated carbocycles. The van der Waals surface area contributed by atoms with E-state index in [0.717, 1.165) is 30.9 Å². The number of rotatable bonds is 8. The van der Waals surface area contributed by atoms with E-state index in [-0.39, 0.29) is 18.3 Å². The number of carbonyl (C=O) groups excluding carboxylic acids is 1. The molecule has 24 heavy (non-hydrogen) atoms. The number of hydrogen-bond acceptors (Lipinski definition) is 4. The van der Waals surface area contributed by atoms with Crippen LogP contribution in [0.5, 0.6) is 0 Å². The van der Waals surface area contributed by atoms with Gasteiger partial charge in [-0.05, 0) is 37.6 Å². The van der Waals surface area contributed by atoms with Gasteiger partial charge in [-0.25, -0.2) is 4.68 Å². The summed E-state index contributed by atoms with van der Waals surface area (Å²) in [6, 6.07) is 7.32. The number of benzene rings is 1. The van der Waals surface area contributed by atoms with Gasteiger partial charge in [0.1, 0.15) is 0 Å². The van der Waals surface area contributed by atoms with Crippen molar-refractivity contribution in [2.75, 3.05) is 19.6 Å². The standard InChI is InChI=1S/C16H22ClN5O.ClH/c1-3-8-18-9-10-19-16(23)15-14(4-2)22(21-20-15)13-7-5-6-12(17)11-13;/h5-7,11,18H,3-4,8-10H2,1-2H3,(H,19,23);1H. The van der Waals surface area contributed by atoms with Crippen LogP contribution in [-0.4, -0.2) is 40.5 Å². The van der Waals surface area contributed by atoms with E-state index < -0.39 is 0 Å². The number of hydrogen-bond donors (Lipinski definition) is 2. The summed E-state index contributed by atoms with van der Waals surface area (Å²) < 4.78 is 1.66. The molecule has 0 spiro atoms. The first-order valence-corrected chi connectivity index (χ1v) is 8.24. The van der Waals surface area contributed by atoms with E-state index in [4.69, 9.17) is 11.6 Å². The largest absolute Gasteiger partial charge is 0.349 e. The highest BCUT2D eigenvalue weighted by Gasteiger charge is 2.18. The first-order valence-electron chi connectivity index (χ1n) is 7.86. The maximum Gasteiger partial charge on any atom is 0.273 e. The Hall–Kier alpha value is -1.63. The van der Waals surface area contributed by atoms with E-state index in [9.17, 15) is 4.79 Å². The Morgan fingerprint density at radius 1 is 1.25 bits per heavy atom. The van der Waals surface area contributed by atoms with E-state index >= 15 is 0 Å². The van der Waals surface area contributed by atoms with E-state index in [2.05, 4.69) is 27.9 Å². The molecule has 0 aliphatic carbocycles. The van der Waals surface area contributed by atoms with Crippen LogP contribution in [0.2, 0.25) is 5.02 Å². The molecular weight excluding hydrogens is 349 g/mol.